The Morgan fingerprint density at radius 3 is 2.71 bits per heavy atom. The number of alkyl halides is 3. The van der Waals surface area contributed by atoms with Crippen LogP contribution < -0.4 is 16.0 Å². The number of nitrogens with one attached hydrogen (secondary N) is 3. The van der Waals surface area contributed by atoms with Crippen molar-refractivity contribution in [2.75, 3.05) is 13.2 Å². The highest BCUT2D eigenvalue weighted by Crippen LogP contribution is 2.39. The molecule has 2 saturated heterocycles. The quantitative estimate of drug-likeness (QED) is 0.316. The van der Waals surface area contributed by atoms with Crippen molar-refractivity contribution in [3.8, 4) is 0 Å². The molecule has 1 spiro atoms. The molecule has 0 aliphatic carbocycles. The molecule has 4 heterocycles. The standard InChI is InChI=1S/C17H19Cl3N6O5/c1-8-21-13-9(6-25-11(28)2-3-12(25)29)22-14(23-15(30)31-7-16(18,19)20)26-5-4-10(27)17(13,26)24-8/h4-5,9-10,13,21,24,27H,1-3,6-7H2,(H,22,23,30)/t9-,10?,13-,17+/m0/s1. The van der Waals surface area contributed by atoms with Crippen molar-refractivity contribution in [1.82, 2.24) is 25.8 Å². The number of rotatable bonds is 3. The number of alkyl carbamates (subject to hydrolysis) is 1. The Morgan fingerprint density at radius 1 is 1.39 bits per heavy atom. The molecule has 2 fully saturated rings. The van der Waals surface area contributed by atoms with E-state index >= 15 is 0 Å². The van der Waals surface area contributed by atoms with Gasteiger partial charge in [-0.05, 0) is 6.08 Å². The lowest BCUT2D eigenvalue weighted by atomic mass is 9.88. The molecule has 0 aromatic heterocycles. The number of carbonyl (C=O) groups is 3. The Labute approximate surface area is 192 Å². The van der Waals surface area contributed by atoms with Crippen LogP contribution in [0.15, 0.2) is 29.7 Å². The highest BCUT2D eigenvalue weighted by molar-refractivity contribution is 6.67. The molecule has 31 heavy (non-hydrogen) atoms. The van der Waals surface area contributed by atoms with Gasteiger partial charge in [-0.25, -0.2) is 9.79 Å². The molecule has 168 valence electrons. The summed E-state index contributed by atoms with van der Waals surface area (Å²) in [5.41, 5.74) is -1.19. The van der Waals surface area contributed by atoms with Gasteiger partial charge in [-0.1, -0.05) is 41.4 Å². The minimum Gasteiger partial charge on any atom is -0.445 e. The second-order valence-corrected chi connectivity index (χ2v) is 9.96. The molecular formula is C17H19Cl3N6O5. The molecule has 3 amide bonds. The van der Waals surface area contributed by atoms with Crippen molar-refractivity contribution in [2.45, 2.75) is 40.5 Å². The number of likely N-dealkylation sites (tertiary alicyclic amines) is 1. The number of amides is 3. The van der Waals surface area contributed by atoms with Crippen molar-refractivity contribution in [1.29, 1.82) is 0 Å². The van der Waals surface area contributed by atoms with Crippen LogP contribution in [0.4, 0.5) is 4.79 Å². The number of ether oxygens (including phenoxy) is 1. The van der Waals surface area contributed by atoms with E-state index in [0.29, 0.717) is 5.82 Å². The lowest BCUT2D eigenvalue weighted by molar-refractivity contribution is -0.138. The summed E-state index contributed by atoms with van der Waals surface area (Å²) in [5, 5.41) is 19.5. The third-order valence-electron chi connectivity index (χ3n) is 5.43. The number of imide groups is 1. The number of aliphatic hydroxyl groups excluding tert-OH is 1. The van der Waals surface area contributed by atoms with Crippen LogP contribution in [-0.2, 0) is 14.3 Å². The van der Waals surface area contributed by atoms with Crippen LogP contribution in [-0.4, -0.2) is 79.6 Å². The summed E-state index contributed by atoms with van der Waals surface area (Å²) in [4.78, 5) is 43.7. The number of aliphatic hydroxyl groups is 1. The molecule has 4 aliphatic rings. The van der Waals surface area contributed by atoms with E-state index in [2.05, 4.69) is 27.5 Å². The SMILES string of the molecule is C=C1N[C@H]2[C@H](CN3C(=O)CCC3=O)N=C(NC(=O)OCC(Cl)(Cl)Cl)N3C=CC(O)[C@]23N1. The Kier molecular flexibility index (Phi) is 5.49. The van der Waals surface area contributed by atoms with Crippen LogP contribution in [0.2, 0.25) is 0 Å². The van der Waals surface area contributed by atoms with Crippen molar-refractivity contribution < 1.29 is 24.2 Å². The fraction of sp³-hybridized carbons (Fsp3) is 0.529. The Hall–Kier alpha value is -2.21. The monoisotopic (exact) mass is 492 g/mol. The molecule has 0 saturated carbocycles. The van der Waals surface area contributed by atoms with E-state index in [4.69, 9.17) is 39.5 Å². The fourth-order valence-corrected chi connectivity index (χ4v) is 4.32. The number of halogens is 3. The van der Waals surface area contributed by atoms with E-state index in [1.807, 2.05) is 0 Å². The van der Waals surface area contributed by atoms with Gasteiger partial charge in [0.25, 0.3) is 0 Å². The van der Waals surface area contributed by atoms with E-state index in [-0.39, 0.29) is 37.2 Å². The number of aliphatic imine (C=N–C) groups is 1. The van der Waals surface area contributed by atoms with Gasteiger partial charge >= 0.3 is 6.09 Å². The lowest BCUT2D eigenvalue weighted by Crippen LogP contribution is -2.73. The maximum absolute atomic E-state index is 12.3. The first-order valence-electron chi connectivity index (χ1n) is 9.32. The summed E-state index contributed by atoms with van der Waals surface area (Å²) in [5.74, 6) is -0.171. The van der Waals surface area contributed by atoms with Crippen LogP contribution in [0.5, 0.6) is 0 Å². The zero-order chi connectivity index (χ0) is 22.6. The zero-order valence-electron chi connectivity index (χ0n) is 16.0. The molecule has 0 bridgehead atoms. The normalized spacial score (nSPS) is 31.8. The first-order valence-corrected chi connectivity index (χ1v) is 10.5. The maximum Gasteiger partial charge on any atom is 0.414 e. The van der Waals surface area contributed by atoms with Gasteiger partial charge < -0.3 is 20.5 Å². The van der Waals surface area contributed by atoms with Gasteiger partial charge in [0, 0.05) is 19.0 Å². The number of carbonyl (C=O) groups excluding carboxylic acids is 3. The smallest absolute Gasteiger partial charge is 0.414 e. The highest BCUT2D eigenvalue weighted by atomic mass is 35.6. The number of guanidine groups is 1. The van der Waals surface area contributed by atoms with E-state index in [1.165, 1.54) is 11.0 Å². The van der Waals surface area contributed by atoms with Crippen LogP contribution >= 0.6 is 34.8 Å². The average molecular weight is 494 g/mol. The van der Waals surface area contributed by atoms with Gasteiger partial charge in [0.2, 0.25) is 21.6 Å². The minimum absolute atomic E-state index is 0.0199. The van der Waals surface area contributed by atoms with E-state index < -0.39 is 40.3 Å². The predicted molar refractivity (Wildman–Crippen MR) is 111 cm³/mol. The van der Waals surface area contributed by atoms with E-state index in [0.717, 1.165) is 4.90 Å². The molecule has 0 aromatic rings. The third-order valence-corrected chi connectivity index (χ3v) is 5.76. The molecule has 11 nitrogen and oxygen atoms in total. The molecule has 4 aliphatic heterocycles. The minimum atomic E-state index is -1.80. The van der Waals surface area contributed by atoms with Crippen molar-refractivity contribution in [3.05, 3.63) is 24.7 Å². The number of nitrogens with zero attached hydrogens (tertiary/aromatic N) is 3. The van der Waals surface area contributed by atoms with Gasteiger partial charge in [0.15, 0.2) is 5.66 Å². The molecule has 0 radical (unpaired) electrons. The number of hydrogen-bond acceptors (Lipinski definition) is 9. The van der Waals surface area contributed by atoms with Gasteiger partial charge in [0.05, 0.1) is 24.4 Å². The lowest BCUT2D eigenvalue weighted by Gasteiger charge is -2.47. The molecule has 4 rings (SSSR count). The van der Waals surface area contributed by atoms with Crippen molar-refractivity contribution in [2.24, 2.45) is 4.99 Å². The Balaban J connectivity index is 1.63. The van der Waals surface area contributed by atoms with Gasteiger partial charge in [0.1, 0.15) is 12.7 Å². The van der Waals surface area contributed by atoms with E-state index in [1.54, 1.807) is 6.20 Å². The molecule has 14 heteroatoms. The zero-order valence-corrected chi connectivity index (χ0v) is 18.2. The van der Waals surface area contributed by atoms with E-state index in [9.17, 15) is 19.5 Å². The van der Waals surface area contributed by atoms with Crippen LogP contribution in [0.1, 0.15) is 12.8 Å². The van der Waals surface area contributed by atoms with Crippen LogP contribution in [0, 0.1) is 0 Å². The third kappa shape index (κ3) is 3.91. The van der Waals surface area contributed by atoms with Crippen molar-refractivity contribution >= 4 is 58.7 Å². The molecule has 1 unspecified atom stereocenters. The first-order chi connectivity index (χ1) is 14.5. The predicted octanol–water partition coefficient (Wildman–Crippen LogP) is -0.111. The highest BCUT2D eigenvalue weighted by Gasteiger charge is 2.62. The molecular weight excluding hydrogens is 475 g/mol. The molecule has 0 aromatic carbocycles. The topological polar surface area (TPSA) is 136 Å². The van der Waals surface area contributed by atoms with Gasteiger partial charge in [-0.15, -0.1) is 0 Å². The largest absolute Gasteiger partial charge is 0.445 e. The number of hydrogen-bond donors (Lipinski definition) is 4. The first kappa shape index (κ1) is 22.0. The Bertz CT molecular complexity index is 889. The maximum atomic E-state index is 12.3. The summed E-state index contributed by atoms with van der Waals surface area (Å²) in [7, 11) is 0. The summed E-state index contributed by atoms with van der Waals surface area (Å²) in [6, 6.07) is -1.29. The van der Waals surface area contributed by atoms with Crippen LogP contribution in [0.3, 0.4) is 0 Å². The van der Waals surface area contributed by atoms with Crippen molar-refractivity contribution in [3.63, 3.8) is 0 Å². The Morgan fingerprint density at radius 2 is 2.06 bits per heavy atom. The van der Waals surface area contributed by atoms with Gasteiger partial charge in [-0.2, -0.15) is 0 Å². The fourth-order valence-electron chi connectivity index (χ4n) is 4.16. The second kappa shape index (κ2) is 7.73. The van der Waals surface area contributed by atoms with Crippen LogP contribution in [0.25, 0.3) is 0 Å². The average Bonchev–Trinajstić information content (AvgIpc) is 3.30. The molecule has 4 N–H and O–H groups in total. The summed E-state index contributed by atoms with van der Waals surface area (Å²) in [6.07, 6.45) is 1.36. The summed E-state index contributed by atoms with van der Waals surface area (Å²) >= 11 is 16.8. The summed E-state index contributed by atoms with van der Waals surface area (Å²) in [6.45, 7) is 3.32. The van der Waals surface area contributed by atoms with Gasteiger partial charge in [-0.3, -0.25) is 24.7 Å². The summed E-state index contributed by atoms with van der Waals surface area (Å²) < 4.78 is 3.11. The second-order valence-electron chi connectivity index (χ2n) is 7.44. The molecule has 4 atom stereocenters.